The van der Waals surface area contributed by atoms with Crippen molar-refractivity contribution in [1.29, 1.82) is 0 Å². The second-order valence-corrected chi connectivity index (χ2v) is 38.0. The molecule has 0 saturated carbocycles. The van der Waals surface area contributed by atoms with Crippen LogP contribution in [0.5, 0.6) is 0 Å². The third-order valence-electron chi connectivity index (χ3n) is 25.6. The van der Waals surface area contributed by atoms with Crippen molar-refractivity contribution >= 4 is 218 Å². The Morgan fingerprint density at radius 1 is 0.374 bits per heavy atom. The van der Waals surface area contributed by atoms with Gasteiger partial charge >= 0.3 is 13.7 Å². The van der Waals surface area contributed by atoms with Crippen molar-refractivity contribution in [2.45, 2.75) is 97.8 Å². The first kappa shape index (κ1) is 61.7. The molecule has 10 heteroatoms. The lowest BCUT2D eigenvalue weighted by Gasteiger charge is -2.45. The highest BCUT2D eigenvalue weighted by molar-refractivity contribution is 7.28. The van der Waals surface area contributed by atoms with Crippen molar-refractivity contribution < 1.29 is 0 Å². The molecule has 0 atom stereocenters. The number of thiophene rings is 4. The second kappa shape index (κ2) is 21.2. The van der Waals surface area contributed by atoms with Crippen LogP contribution in [0.1, 0.15) is 100 Å². The Bertz CT molecular complexity index is 7280. The average molecular weight is 1440 g/mol. The summed E-state index contributed by atoms with van der Waals surface area (Å²) in [7, 11) is 0. The maximum absolute atomic E-state index is 2.82. The smallest absolute Gasteiger partial charge is 0.333 e. The van der Waals surface area contributed by atoms with Gasteiger partial charge in [-0.3, -0.25) is 0 Å². The quantitative estimate of drug-likeness (QED) is 0.160. The van der Waals surface area contributed by atoms with Crippen LogP contribution in [0.15, 0.2) is 237 Å². The fourth-order valence-corrected chi connectivity index (χ4v) is 25.4. The van der Waals surface area contributed by atoms with E-state index in [0.717, 1.165) is 12.8 Å². The predicted molar refractivity (Wildman–Crippen MR) is 468 cm³/mol. The van der Waals surface area contributed by atoms with E-state index >= 15 is 0 Å². The molecule has 0 fully saturated rings. The minimum atomic E-state index is -0.106. The molecule has 510 valence electrons. The summed E-state index contributed by atoms with van der Waals surface area (Å²) in [6.45, 7) is 21.5. The van der Waals surface area contributed by atoms with E-state index in [-0.39, 0.29) is 29.9 Å². The number of hydrogen-bond acceptors (Lipinski definition) is 6. The van der Waals surface area contributed by atoms with Gasteiger partial charge in [0, 0.05) is 111 Å². The van der Waals surface area contributed by atoms with Crippen molar-refractivity contribution in [3.8, 4) is 33.4 Å². The topological polar surface area (TPSA) is 16.3 Å². The molecular weight excluding hydrogens is 1370 g/mol. The molecule has 0 unspecified atom stereocenters. The SMILES string of the molecule is Cc1cc2c3c(c1)N(c1ccc(C(C)(C)C)cc1-c1ccccc1)c1c(ccc4sc5ccccc5c14)B3n1c3c-2cccc3c2sc3cc(Cc4cc5c6c(c4)N(c4cc7c(cc4C)C(C)(C)CCC7(C)C)c4c(ccc7c4sc4ccccc47)B6n4c6c-5cccc6c5sc6ccccc6c54)ccc3c21. The fourth-order valence-electron chi connectivity index (χ4n) is 20.6. The zero-order chi connectivity index (χ0) is 71.3. The Hall–Kier alpha value is -10.5. The van der Waals surface area contributed by atoms with Crippen LogP contribution >= 0.6 is 45.3 Å². The second-order valence-electron chi connectivity index (χ2n) is 33.8. The van der Waals surface area contributed by atoms with E-state index in [1.54, 1.807) is 0 Å². The molecule has 0 saturated heterocycles. The Kier molecular flexibility index (Phi) is 12.2. The molecule has 10 heterocycles. The largest absolute Gasteiger partial charge is 0.374 e. The predicted octanol–water partition coefficient (Wildman–Crippen LogP) is 25.4. The number of aryl methyl sites for hydroxylation is 2. The summed E-state index contributed by atoms with van der Waals surface area (Å²) in [6.07, 6.45) is 3.10. The first-order chi connectivity index (χ1) is 52.0. The van der Waals surface area contributed by atoms with E-state index in [0.29, 0.717) is 0 Å². The Labute approximate surface area is 638 Å². The van der Waals surface area contributed by atoms with E-state index in [2.05, 4.69) is 318 Å². The van der Waals surface area contributed by atoms with Gasteiger partial charge in [0.15, 0.2) is 0 Å². The van der Waals surface area contributed by atoms with E-state index in [1.807, 2.05) is 45.3 Å². The summed E-state index contributed by atoms with van der Waals surface area (Å²) in [5.74, 6) is 0. The minimum absolute atomic E-state index is 0.00700. The van der Waals surface area contributed by atoms with Gasteiger partial charge in [-0.05, 0) is 188 Å². The van der Waals surface area contributed by atoms with Crippen molar-refractivity contribution in [1.82, 2.24) is 8.96 Å². The lowest BCUT2D eigenvalue weighted by atomic mass is 9.45. The maximum atomic E-state index is 2.82. The maximum Gasteiger partial charge on any atom is 0.333 e. The lowest BCUT2D eigenvalue weighted by molar-refractivity contribution is 0.332. The fraction of sp³-hybridized carbons (Fsp3) is 0.155. The van der Waals surface area contributed by atoms with Crippen LogP contribution in [-0.4, -0.2) is 22.7 Å². The molecule has 19 aromatic rings. The number of rotatable bonds is 5. The molecule has 107 heavy (non-hydrogen) atoms. The highest BCUT2D eigenvalue weighted by Gasteiger charge is 2.48. The minimum Gasteiger partial charge on any atom is -0.374 e. The summed E-state index contributed by atoms with van der Waals surface area (Å²) in [4.78, 5) is 5.49. The molecule has 0 N–H and O–H groups in total. The van der Waals surface area contributed by atoms with Crippen molar-refractivity contribution in [3.05, 3.63) is 276 Å². The average Bonchev–Trinajstić information content (AvgIpc) is 1.59. The van der Waals surface area contributed by atoms with Gasteiger partial charge in [-0.25, -0.2) is 0 Å². The Balaban J connectivity index is 0.735. The summed E-state index contributed by atoms with van der Waals surface area (Å²) in [5, 5.41) is 10.6. The number of fused-ring (bicyclic) bond motifs is 27. The van der Waals surface area contributed by atoms with Crippen LogP contribution in [0.3, 0.4) is 0 Å². The van der Waals surface area contributed by atoms with Crippen LogP contribution in [0.2, 0.25) is 0 Å². The standard InChI is InChI=1S/C97H72B2N4S4/c1-52-43-68-59-26-19-29-66-86(59)103(98-72-38-40-81-83(62-24-14-17-31-79(62)104-81)90(72)100(76(44-52)84(68)98)74-39-34-57(95(3,4)5)50-67(74)56-21-11-10-12-22-56)89-64-35-33-54(49-82(64)107-94(66)89)46-55-47-69-60-27-20-28-65-87(60)102(88-63-25-15-18-32-80(63)106-93(65)88)99-73-37-36-61-58-23-13-16-30-78(58)105-92(61)91(73)101(77(48-55)85(69)99)75-51-71-70(45-53(75)2)96(6,7)41-42-97(71,8)9/h10-40,43-45,47-51H,41-42,46H2,1-9H3. The van der Waals surface area contributed by atoms with E-state index in [9.17, 15) is 0 Å². The molecule has 6 aromatic heterocycles. The van der Waals surface area contributed by atoms with E-state index in [4.69, 9.17) is 0 Å². The number of nitrogens with zero attached hydrogens (tertiary/aromatic N) is 4. The molecule has 0 bridgehead atoms. The Morgan fingerprint density at radius 3 is 1.64 bits per heavy atom. The first-order valence-corrected chi connectivity index (χ1v) is 41.4. The highest BCUT2D eigenvalue weighted by Crippen LogP contribution is 2.58. The van der Waals surface area contributed by atoms with Gasteiger partial charge in [0.25, 0.3) is 0 Å². The number of hydrogen-bond donors (Lipinski definition) is 0. The lowest BCUT2D eigenvalue weighted by Crippen LogP contribution is -2.56. The van der Waals surface area contributed by atoms with E-state index in [1.165, 1.54) is 237 Å². The van der Waals surface area contributed by atoms with Gasteiger partial charge in [-0.15, -0.1) is 45.3 Å². The van der Waals surface area contributed by atoms with Gasteiger partial charge in [0.05, 0.1) is 42.2 Å². The molecule has 0 radical (unpaired) electrons. The first-order valence-electron chi connectivity index (χ1n) is 38.1. The molecule has 0 spiro atoms. The van der Waals surface area contributed by atoms with Crippen molar-refractivity contribution in [3.63, 3.8) is 0 Å². The molecule has 4 nitrogen and oxygen atoms in total. The Morgan fingerprint density at radius 2 is 0.935 bits per heavy atom. The van der Waals surface area contributed by atoms with Crippen LogP contribution in [0.25, 0.3) is 136 Å². The van der Waals surface area contributed by atoms with Crippen LogP contribution in [0, 0.1) is 13.8 Å². The van der Waals surface area contributed by atoms with Crippen molar-refractivity contribution in [2.75, 3.05) is 9.80 Å². The molecular formula is C97H72B2N4S4. The summed E-state index contributed by atoms with van der Waals surface area (Å²) in [6, 6.07) is 93.3. The van der Waals surface area contributed by atoms with E-state index < -0.39 is 0 Å². The van der Waals surface area contributed by atoms with Gasteiger partial charge in [-0.2, -0.15) is 0 Å². The summed E-state index contributed by atoms with van der Waals surface area (Å²) >= 11 is 7.84. The normalized spacial score (nSPS) is 15.2. The van der Waals surface area contributed by atoms with Gasteiger partial charge < -0.3 is 18.8 Å². The monoisotopic (exact) mass is 1440 g/mol. The summed E-state index contributed by atoms with van der Waals surface area (Å²) < 4.78 is 16.3. The zero-order valence-corrected chi connectivity index (χ0v) is 64.5. The van der Waals surface area contributed by atoms with Crippen LogP contribution < -0.4 is 31.7 Å². The van der Waals surface area contributed by atoms with Crippen LogP contribution in [0.4, 0.5) is 34.1 Å². The molecule has 13 aromatic carbocycles. The number of anilines is 6. The number of para-hydroxylation sites is 2. The van der Waals surface area contributed by atoms with Crippen LogP contribution in [-0.2, 0) is 22.7 Å². The molecule has 1 aliphatic carbocycles. The van der Waals surface area contributed by atoms with Gasteiger partial charge in [0.1, 0.15) is 0 Å². The zero-order valence-electron chi connectivity index (χ0n) is 61.2. The third kappa shape index (κ3) is 8.19. The molecule has 0 amide bonds. The number of aromatic nitrogens is 2. The molecule has 4 aliphatic heterocycles. The van der Waals surface area contributed by atoms with Crippen molar-refractivity contribution in [2.24, 2.45) is 0 Å². The highest BCUT2D eigenvalue weighted by atomic mass is 32.1. The van der Waals surface area contributed by atoms with Gasteiger partial charge in [0.2, 0.25) is 0 Å². The van der Waals surface area contributed by atoms with Gasteiger partial charge in [-0.1, -0.05) is 224 Å². The number of benzene rings is 13. The molecule has 5 aliphatic rings. The molecule has 24 rings (SSSR count). The third-order valence-corrected chi connectivity index (χ3v) is 30.3. The summed E-state index contributed by atoms with van der Waals surface area (Å²) in [5.41, 5.74) is 35.8.